The minimum Gasteiger partial charge on any atom is -0.300 e. The highest BCUT2D eigenvalue weighted by Crippen LogP contribution is 1.94. The van der Waals surface area contributed by atoms with Gasteiger partial charge in [-0.1, -0.05) is 0 Å². The molecule has 0 saturated heterocycles. The van der Waals surface area contributed by atoms with Gasteiger partial charge in [0.25, 0.3) is 0 Å². The number of H-pyrrole nitrogens is 2. The Morgan fingerprint density at radius 1 is 1.00 bits per heavy atom. The Labute approximate surface area is 89.7 Å². The lowest BCUT2D eigenvalue weighted by Crippen LogP contribution is -1.81. The number of aromatic amines is 2. The quantitative estimate of drug-likeness (QED) is 0.453. The van der Waals surface area contributed by atoms with E-state index in [4.69, 9.17) is 0 Å². The normalized spacial score (nSPS) is 10.5. The van der Waals surface area contributed by atoms with Crippen molar-refractivity contribution in [3.05, 3.63) is 43.2 Å². The van der Waals surface area contributed by atoms with Gasteiger partial charge in [0.2, 0.25) is 0 Å². The van der Waals surface area contributed by atoms with E-state index >= 15 is 0 Å². The molecular weight excluding hydrogens is 206 g/mol. The van der Waals surface area contributed by atoms with E-state index in [0.29, 0.717) is 0 Å². The van der Waals surface area contributed by atoms with Crippen LogP contribution in [0.15, 0.2) is 43.2 Å². The summed E-state index contributed by atoms with van der Waals surface area (Å²) in [7, 11) is 0. The first-order valence-electron chi connectivity index (χ1n) is 4.73. The van der Waals surface area contributed by atoms with E-state index in [-0.39, 0.29) is 0 Å². The summed E-state index contributed by atoms with van der Waals surface area (Å²) in [5.41, 5.74) is 1.81. The molecule has 4 aromatic rings. The Kier molecular flexibility index (Phi) is 1.93. The van der Waals surface area contributed by atoms with Crippen LogP contribution in [0.25, 0.3) is 11.3 Å². The molecule has 0 aliphatic carbocycles. The fourth-order valence-electron chi connectivity index (χ4n) is 1.39. The van der Waals surface area contributed by atoms with Crippen molar-refractivity contribution in [1.29, 1.82) is 0 Å². The van der Waals surface area contributed by atoms with Gasteiger partial charge in [-0.2, -0.15) is 4.63 Å². The smallest absolute Gasteiger partial charge is 0.175 e. The molecule has 0 aliphatic heterocycles. The average Bonchev–Trinajstić information content (AvgIpc) is 2.99. The molecule has 0 aliphatic rings. The lowest BCUT2D eigenvalue weighted by molar-refractivity contribution is 0.821. The molecule has 4 heterocycles. The summed E-state index contributed by atoms with van der Waals surface area (Å²) in [6, 6.07) is 3.77. The first kappa shape index (κ1) is 8.72. The van der Waals surface area contributed by atoms with Crippen molar-refractivity contribution in [2.24, 2.45) is 0 Å². The van der Waals surface area contributed by atoms with Crippen LogP contribution in [0, 0.1) is 0 Å². The maximum atomic E-state index is 4.01. The predicted molar refractivity (Wildman–Crippen MR) is 56.9 cm³/mol. The fraction of sp³-hybridized carbons (Fsp3) is 0. The third-order valence-corrected chi connectivity index (χ3v) is 2.12. The van der Waals surface area contributed by atoms with Crippen molar-refractivity contribution >= 4 is 11.3 Å². The number of hydrogen-bond acceptors (Lipinski definition) is 3. The molecule has 80 valence electrons. The van der Waals surface area contributed by atoms with Crippen LogP contribution in [0.5, 0.6) is 0 Å². The molecule has 7 nitrogen and oxygen atoms in total. The highest BCUT2D eigenvalue weighted by molar-refractivity contribution is 5.34. The third-order valence-electron chi connectivity index (χ3n) is 2.12. The molecular formula is C9H9N7. The fourth-order valence-corrected chi connectivity index (χ4v) is 1.39. The van der Waals surface area contributed by atoms with E-state index in [0.717, 1.165) is 11.3 Å². The van der Waals surface area contributed by atoms with Gasteiger partial charge in [0.05, 0.1) is 0 Å². The van der Waals surface area contributed by atoms with Crippen molar-refractivity contribution in [3.8, 4) is 0 Å². The summed E-state index contributed by atoms with van der Waals surface area (Å²) in [5.74, 6) is 0. The summed E-state index contributed by atoms with van der Waals surface area (Å²) in [6.45, 7) is 0. The van der Waals surface area contributed by atoms with Crippen LogP contribution >= 0.6 is 0 Å². The van der Waals surface area contributed by atoms with E-state index in [9.17, 15) is 0 Å². The van der Waals surface area contributed by atoms with Crippen molar-refractivity contribution < 1.29 is 0 Å². The van der Waals surface area contributed by atoms with Crippen LogP contribution in [0.1, 0.15) is 0 Å². The highest BCUT2D eigenvalue weighted by Gasteiger charge is 1.89. The molecule has 0 saturated carbocycles. The molecule has 0 spiro atoms. The van der Waals surface area contributed by atoms with Crippen molar-refractivity contribution in [3.63, 3.8) is 0 Å². The number of aromatic nitrogens is 7. The minimum atomic E-state index is 0.852. The number of imidazole rings is 1. The third kappa shape index (κ3) is 1.44. The van der Waals surface area contributed by atoms with E-state index in [2.05, 4.69) is 25.3 Å². The Morgan fingerprint density at radius 3 is 2.75 bits per heavy atom. The SMILES string of the molecule is c1cn2[nH]ccc2n1.c1nc2cc[nH]n2n1. The van der Waals surface area contributed by atoms with Gasteiger partial charge >= 0.3 is 0 Å². The molecule has 0 radical (unpaired) electrons. The van der Waals surface area contributed by atoms with Crippen LogP contribution in [0.4, 0.5) is 0 Å². The van der Waals surface area contributed by atoms with E-state index in [1.54, 1.807) is 17.0 Å². The predicted octanol–water partition coefficient (Wildman–Crippen LogP) is 0.720. The van der Waals surface area contributed by atoms with Gasteiger partial charge in [-0.3, -0.25) is 5.10 Å². The van der Waals surface area contributed by atoms with Gasteiger partial charge in [-0.05, 0) is 0 Å². The second-order valence-electron chi connectivity index (χ2n) is 3.11. The molecule has 0 fully saturated rings. The van der Waals surface area contributed by atoms with Crippen molar-refractivity contribution in [1.82, 2.24) is 34.4 Å². The van der Waals surface area contributed by atoms with Crippen molar-refractivity contribution in [2.75, 3.05) is 0 Å². The highest BCUT2D eigenvalue weighted by atomic mass is 15.4. The van der Waals surface area contributed by atoms with Crippen LogP contribution in [-0.4, -0.2) is 34.4 Å². The molecule has 0 bridgehead atoms. The molecule has 0 amide bonds. The van der Waals surface area contributed by atoms with E-state index in [1.807, 2.05) is 29.0 Å². The van der Waals surface area contributed by atoms with Gasteiger partial charge < -0.3 is 5.10 Å². The Balaban J connectivity index is 0.000000101. The first-order chi connectivity index (χ1) is 7.93. The number of rotatable bonds is 0. The number of nitrogens with one attached hydrogen (secondary N) is 2. The zero-order chi connectivity index (χ0) is 10.8. The minimum absolute atomic E-state index is 0.852. The molecule has 0 unspecified atom stereocenters. The van der Waals surface area contributed by atoms with E-state index < -0.39 is 0 Å². The van der Waals surface area contributed by atoms with E-state index in [1.165, 1.54) is 6.33 Å². The molecule has 0 atom stereocenters. The largest absolute Gasteiger partial charge is 0.300 e. The monoisotopic (exact) mass is 215 g/mol. The average molecular weight is 215 g/mol. The molecule has 0 aromatic carbocycles. The molecule has 7 heteroatoms. The van der Waals surface area contributed by atoms with Gasteiger partial charge in [0.1, 0.15) is 6.33 Å². The van der Waals surface area contributed by atoms with Crippen LogP contribution in [0.2, 0.25) is 0 Å². The summed E-state index contributed by atoms with van der Waals surface area (Å²) in [4.78, 5) is 7.91. The molecule has 4 rings (SSSR count). The molecule has 16 heavy (non-hydrogen) atoms. The lowest BCUT2D eigenvalue weighted by atomic mass is 10.7. The topological polar surface area (TPSA) is 79.1 Å². The number of nitrogens with zero attached hydrogens (tertiary/aromatic N) is 5. The molecule has 4 aromatic heterocycles. The van der Waals surface area contributed by atoms with Crippen molar-refractivity contribution in [2.45, 2.75) is 0 Å². The lowest BCUT2D eigenvalue weighted by Gasteiger charge is -1.74. The Morgan fingerprint density at radius 2 is 1.88 bits per heavy atom. The standard InChI is InChI=1S/C5H5N3.C4H4N4/c1-2-7-8-4-3-6-5(1)8;1-2-6-8-4(1)5-3-7-8/h1-4,7H;1-3,6H. The Hall–Kier alpha value is -2.57. The van der Waals surface area contributed by atoms with Crippen LogP contribution in [0.3, 0.4) is 0 Å². The van der Waals surface area contributed by atoms with Gasteiger partial charge in [-0.15, -0.1) is 5.10 Å². The maximum absolute atomic E-state index is 4.01. The molecule has 2 N–H and O–H groups in total. The second kappa shape index (κ2) is 3.54. The number of fused-ring (bicyclic) bond motifs is 2. The zero-order valence-corrected chi connectivity index (χ0v) is 8.28. The maximum Gasteiger partial charge on any atom is 0.175 e. The summed E-state index contributed by atoms with van der Waals surface area (Å²) in [6.07, 6.45) is 8.77. The first-order valence-corrected chi connectivity index (χ1v) is 4.73. The van der Waals surface area contributed by atoms with Crippen LogP contribution < -0.4 is 0 Å². The van der Waals surface area contributed by atoms with Gasteiger partial charge in [0.15, 0.2) is 11.3 Å². The summed E-state index contributed by atoms with van der Waals surface area (Å²) in [5, 5.41) is 9.62. The van der Waals surface area contributed by atoms with Crippen LogP contribution in [-0.2, 0) is 0 Å². The summed E-state index contributed by atoms with van der Waals surface area (Å²) >= 11 is 0. The summed E-state index contributed by atoms with van der Waals surface area (Å²) < 4.78 is 3.44. The zero-order valence-electron chi connectivity index (χ0n) is 8.28. The second-order valence-corrected chi connectivity index (χ2v) is 3.11. The van der Waals surface area contributed by atoms with Gasteiger partial charge in [-0.25, -0.2) is 14.5 Å². The van der Waals surface area contributed by atoms with Gasteiger partial charge in [0, 0.05) is 36.9 Å². The number of hydrogen-bond donors (Lipinski definition) is 2. The Bertz CT molecular complexity index is 519.